The Labute approximate surface area is 264 Å². The van der Waals surface area contributed by atoms with E-state index in [1.165, 1.54) is 6.08 Å². The Bertz CT molecular complexity index is 1740. The van der Waals surface area contributed by atoms with Gasteiger partial charge in [-0.2, -0.15) is 9.67 Å². The summed E-state index contributed by atoms with van der Waals surface area (Å²) < 4.78 is 8.34. The number of aliphatic carboxylic acids is 1. The van der Waals surface area contributed by atoms with Crippen LogP contribution >= 0.6 is 0 Å². The number of nitrogens with one attached hydrogen (secondary N) is 3. The lowest BCUT2D eigenvalue weighted by molar-refractivity contribution is -0.685. The van der Waals surface area contributed by atoms with Crippen molar-refractivity contribution in [2.24, 2.45) is 0 Å². The maximum atomic E-state index is 13.4. The number of carboxylic acids is 1. The monoisotopic (exact) mass is 625 g/mol. The Morgan fingerprint density at radius 1 is 0.957 bits per heavy atom. The van der Waals surface area contributed by atoms with E-state index in [2.05, 4.69) is 16.0 Å². The first-order chi connectivity index (χ1) is 22.2. The summed E-state index contributed by atoms with van der Waals surface area (Å²) in [6.45, 7) is 1.39. The molecule has 0 aliphatic carbocycles. The summed E-state index contributed by atoms with van der Waals surface area (Å²) in [4.78, 5) is 61.7. The Morgan fingerprint density at radius 2 is 1.67 bits per heavy atom. The topological polar surface area (TPSA) is 173 Å². The van der Waals surface area contributed by atoms with E-state index in [9.17, 15) is 24.0 Å². The molecule has 4 N–H and O–H groups in total. The lowest BCUT2D eigenvalue weighted by atomic mass is 10.1. The predicted octanol–water partition coefficient (Wildman–Crippen LogP) is 1.87. The first kappa shape index (κ1) is 32.8. The van der Waals surface area contributed by atoms with Gasteiger partial charge in [-0.3, -0.25) is 19.2 Å². The van der Waals surface area contributed by atoms with Crippen molar-refractivity contribution in [3.05, 3.63) is 108 Å². The van der Waals surface area contributed by atoms with Crippen molar-refractivity contribution in [1.82, 2.24) is 25.7 Å². The van der Waals surface area contributed by atoms with Gasteiger partial charge in [0.15, 0.2) is 12.4 Å². The van der Waals surface area contributed by atoms with Gasteiger partial charge >= 0.3 is 11.9 Å². The molecule has 0 saturated carbocycles. The van der Waals surface area contributed by atoms with Crippen LogP contribution < -0.4 is 20.5 Å². The van der Waals surface area contributed by atoms with Crippen molar-refractivity contribution in [3.8, 4) is 16.9 Å². The number of carboxylic acid groups (broad SMARTS) is 1. The van der Waals surface area contributed by atoms with Crippen LogP contribution in [0.25, 0.3) is 23.0 Å². The van der Waals surface area contributed by atoms with E-state index < -0.39 is 36.2 Å². The van der Waals surface area contributed by atoms with Crippen LogP contribution in [0.15, 0.2) is 97.1 Å². The van der Waals surface area contributed by atoms with Crippen LogP contribution in [0.5, 0.6) is 0 Å². The molecule has 13 nitrogen and oxygen atoms in total. The average molecular weight is 626 g/mol. The lowest BCUT2D eigenvalue weighted by Crippen LogP contribution is -2.41. The molecule has 0 unspecified atom stereocenters. The quantitative estimate of drug-likeness (QED) is 0.0934. The predicted molar refractivity (Wildman–Crippen MR) is 166 cm³/mol. The van der Waals surface area contributed by atoms with Crippen LogP contribution in [0.3, 0.4) is 0 Å². The number of hydrogen-bond donors (Lipinski definition) is 4. The highest BCUT2D eigenvalue weighted by molar-refractivity contribution is 6.06. The third-order valence-electron chi connectivity index (χ3n) is 6.41. The molecule has 2 heterocycles. The van der Waals surface area contributed by atoms with Crippen molar-refractivity contribution in [1.29, 1.82) is 0 Å². The third kappa shape index (κ3) is 9.44. The molecule has 0 aliphatic heterocycles. The zero-order chi connectivity index (χ0) is 32.9. The van der Waals surface area contributed by atoms with Crippen LogP contribution in [0.2, 0.25) is 0 Å². The maximum Gasteiger partial charge on any atom is 0.372 e. The van der Waals surface area contributed by atoms with Gasteiger partial charge in [-0.15, -0.1) is 0 Å². The fraction of sp³-hybridized carbons (Fsp3) is 0.182. The number of esters is 1. The minimum Gasteiger partial charge on any atom is -0.481 e. The molecular weight excluding hydrogens is 592 g/mol. The van der Waals surface area contributed by atoms with Gasteiger partial charge in [0, 0.05) is 29.9 Å². The van der Waals surface area contributed by atoms with E-state index in [4.69, 9.17) is 14.9 Å². The van der Waals surface area contributed by atoms with Crippen LogP contribution in [0.4, 0.5) is 0 Å². The van der Waals surface area contributed by atoms with Crippen LogP contribution in [-0.2, 0) is 30.5 Å². The highest BCUT2D eigenvalue weighted by atomic mass is 16.5. The number of aromatic nitrogens is 3. The molecule has 2 aromatic carbocycles. The molecule has 4 aromatic rings. The Hall–Kier alpha value is -6.11. The largest absolute Gasteiger partial charge is 0.481 e. The molecule has 0 bridgehead atoms. The number of carbonyl (C=O) groups excluding carboxylic acids is 4. The molecule has 2 aromatic heterocycles. The molecule has 0 atom stereocenters. The first-order valence-corrected chi connectivity index (χ1v) is 14.4. The molecule has 0 fully saturated rings. The molecular formula is C33H33N6O7+. The van der Waals surface area contributed by atoms with Gasteiger partial charge < -0.3 is 25.8 Å². The van der Waals surface area contributed by atoms with Gasteiger partial charge in [-0.1, -0.05) is 36.4 Å². The zero-order valence-corrected chi connectivity index (χ0v) is 25.0. The zero-order valence-electron chi connectivity index (χ0n) is 25.0. The van der Waals surface area contributed by atoms with E-state index in [-0.39, 0.29) is 31.8 Å². The number of nitrogens with zero attached hydrogens (tertiary/aromatic N) is 3. The summed E-state index contributed by atoms with van der Waals surface area (Å²) in [5.41, 5.74) is 2.36. The van der Waals surface area contributed by atoms with Crippen LogP contribution in [0.1, 0.15) is 29.3 Å². The highest BCUT2D eigenvalue weighted by Crippen LogP contribution is 2.25. The number of amides is 3. The Morgan fingerprint density at radius 3 is 2.37 bits per heavy atom. The van der Waals surface area contributed by atoms with Gasteiger partial charge in [-0.05, 0) is 43.3 Å². The summed E-state index contributed by atoms with van der Waals surface area (Å²) in [5, 5.41) is 21.1. The summed E-state index contributed by atoms with van der Waals surface area (Å²) >= 11 is 0. The summed E-state index contributed by atoms with van der Waals surface area (Å²) in [7, 11) is 0. The Balaban J connectivity index is 1.72. The molecule has 46 heavy (non-hydrogen) atoms. The van der Waals surface area contributed by atoms with E-state index in [0.717, 1.165) is 5.69 Å². The molecule has 0 saturated heterocycles. The van der Waals surface area contributed by atoms with Gasteiger partial charge in [0.1, 0.15) is 11.4 Å². The van der Waals surface area contributed by atoms with Gasteiger partial charge in [0.25, 0.3) is 11.8 Å². The first-order valence-electron chi connectivity index (χ1n) is 14.4. The van der Waals surface area contributed by atoms with Gasteiger partial charge in [-0.25, -0.2) is 9.48 Å². The van der Waals surface area contributed by atoms with Crippen molar-refractivity contribution < 1.29 is 38.4 Å². The molecule has 3 amide bonds. The number of rotatable bonds is 14. The van der Waals surface area contributed by atoms with Crippen LogP contribution in [0, 0.1) is 0 Å². The van der Waals surface area contributed by atoms with Crippen LogP contribution in [-0.4, -0.2) is 64.2 Å². The van der Waals surface area contributed by atoms with Crippen molar-refractivity contribution in [2.45, 2.75) is 19.9 Å². The van der Waals surface area contributed by atoms with E-state index in [1.54, 1.807) is 77.2 Å². The second-order valence-electron chi connectivity index (χ2n) is 9.84. The molecule has 0 aliphatic rings. The second-order valence-corrected chi connectivity index (χ2v) is 9.84. The van der Waals surface area contributed by atoms with E-state index in [0.29, 0.717) is 22.4 Å². The van der Waals surface area contributed by atoms with E-state index in [1.807, 2.05) is 30.3 Å². The molecule has 0 radical (unpaired) electrons. The average Bonchev–Trinajstić information content (AvgIpc) is 3.48. The maximum absolute atomic E-state index is 13.4. The number of benzene rings is 2. The normalized spacial score (nSPS) is 10.9. The fourth-order valence-corrected chi connectivity index (χ4v) is 4.27. The minimum absolute atomic E-state index is 0.0262. The fourth-order valence-electron chi connectivity index (χ4n) is 4.27. The summed E-state index contributed by atoms with van der Waals surface area (Å²) in [5.74, 6) is -3.40. The summed E-state index contributed by atoms with van der Waals surface area (Å²) in [6.07, 6.45) is 6.29. The number of pyridine rings is 1. The smallest absolute Gasteiger partial charge is 0.372 e. The van der Waals surface area contributed by atoms with Crippen molar-refractivity contribution in [2.75, 3.05) is 19.7 Å². The van der Waals surface area contributed by atoms with Gasteiger partial charge in [0.05, 0.1) is 30.8 Å². The molecule has 236 valence electrons. The summed E-state index contributed by atoms with van der Waals surface area (Å²) in [6, 6.07) is 21.1. The highest BCUT2D eigenvalue weighted by Gasteiger charge is 2.20. The van der Waals surface area contributed by atoms with Crippen molar-refractivity contribution in [3.63, 3.8) is 0 Å². The minimum atomic E-state index is -1.07. The Kier molecular flexibility index (Phi) is 11.5. The number of para-hydroxylation sites is 1. The molecule has 0 spiro atoms. The third-order valence-corrected chi connectivity index (χ3v) is 6.41. The van der Waals surface area contributed by atoms with E-state index >= 15 is 0 Å². The number of carbonyl (C=O) groups is 5. The molecule has 4 rings (SSSR count). The lowest BCUT2D eigenvalue weighted by Gasteiger charge is -2.11. The number of hydrogen-bond acceptors (Lipinski definition) is 7. The SMILES string of the molecule is CCOC(=O)C[n+]1cccc(-c2nn(-c3ccccc3)cc2C=C(NC(=O)c2ccccc2)C(=O)NCC(=O)NCCC(=O)O)c1. The van der Waals surface area contributed by atoms with Crippen molar-refractivity contribution >= 4 is 35.7 Å². The van der Waals surface area contributed by atoms with Gasteiger partial charge in [0.2, 0.25) is 12.5 Å². The number of ether oxygens (including phenoxy) is 1. The molecule has 13 heteroatoms. The second kappa shape index (κ2) is 16.1. The standard InChI is InChI=1S/C33H32N6O7/c1-2-46-30(43)22-38-17-9-12-24(20-38)31-25(21-39(37-31)26-13-7-4-8-14-26)18-27(36-32(44)23-10-5-3-6-11-23)33(45)35-19-28(40)34-16-15-29(41)42/h3-14,17-18,20-21H,2,15-16,19,22H2,1H3,(H3-,34,35,36,40,41,42,44,45)/p+1.